The van der Waals surface area contributed by atoms with Gasteiger partial charge in [0.25, 0.3) is 0 Å². The minimum Gasteiger partial charge on any atom is -0.496 e. The molecule has 0 saturated carbocycles. The minimum absolute atomic E-state index is 0.00239. The molecule has 0 atom stereocenters. The number of amides is 1. The molecule has 0 spiro atoms. The fourth-order valence-electron chi connectivity index (χ4n) is 1.95. The van der Waals surface area contributed by atoms with E-state index in [0.717, 1.165) is 30.9 Å². The zero-order valence-electron chi connectivity index (χ0n) is 12.8. The Kier molecular flexibility index (Phi) is 7.04. The first kappa shape index (κ1) is 16.5. The Hall–Kier alpha value is -1.59. The molecular formula is C15H25N3O2. The van der Waals surface area contributed by atoms with Gasteiger partial charge in [-0.2, -0.15) is 0 Å². The van der Waals surface area contributed by atoms with Crippen LogP contribution in [0.3, 0.4) is 0 Å². The van der Waals surface area contributed by atoms with Crippen molar-refractivity contribution in [3.63, 3.8) is 0 Å². The van der Waals surface area contributed by atoms with Crippen LogP contribution in [0.4, 0.5) is 0 Å². The van der Waals surface area contributed by atoms with Crippen LogP contribution in [0.25, 0.3) is 0 Å². The molecule has 1 rings (SSSR count). The maximum Gasteiger partial charge on any atom is 0.216 e. The van der Waals surface area contributed by atoms with Gasteiger partial charge >= 0.3 is 0 Å². The first-order valence-electron chi connectivity index (χ1n) is 6.78. The second kappa shape index (κ2) is 8.55. The molecule has 112 valence electrons. The molecule has 2 N–H and O–H groups in total. The van der Waals surface area contributed by atoms with Crippen molar-refractivity contribution in [2.75, 3.05) is 34.3 Å². The summed E-state index contributed by atoms with van der Waals surface area (Å²) in [6.45, 7) is 4.52. The van der Waals surface area contributed by atoms with Crippen molar-refractivity contribution in [2.45, 2.75) is 20.0 Å². The second-order valence-corrected chi connectivity index (χ2v) is 5.04. The van der Waals surface area contributed by atoms with Gasteiger partial charge in [0.05, 0.1) is 7.11 Å². The third kappa shape index (κ3) is 6.04. The lowest BCUT2D eigenvalue weighted by Gasteiger charge is -2.14. The van der Waals surface area contributed by atoms with E-state index in [0.29, 0.717) is 6.54 Å². The summed E-state index contributed by atoms with van der Waals surface area (Å²) in [6.07, 6.45) is 0. The molecule has 5 heteroatoms. The number of carbonyl (C=O) groups is 1. The fourth-order valence-corrected chi connectivity index (χ4v) is 1.95. The largest absolute Gasteiger partial charge is 0.496 e. The molecule has 0 bridgehead atoms. The third-order valence-electron chi connectivity index (χ3n) is 2.84. The Labute approximate surface area is 121 Å². The van der Waals surface area contributed by atoms with Crippen molar-refractivity contribution in [1.29, 1.82) is 0 Å². The van der Waals surface area contributed by atoms with Gasteiger partial charge in [0.15, 0.2) is 0 Å². The minimum atomic E-state index is -0.00239. The summed E-state index contributed by atoms with van der Waals surface area (Å²) in [6, 6.07) is 6.28. The van der Waals surface area contributed by atoms with E-state index in [1.165, 1.54) is 12.5 Å². The lowest BCUT2D eigenvalue weighted by atomic mass is 10.1. The first-order valence-corrected chi connectivity index (χ1v) is 6.78. The summed E-state index contributed by atoms with van der Waals surface area (Å²) in [4.78, 5) is 12.9. The van der Waals surface area contributed by atoms with Crippen molar-refractivity contribution < 1.29 is 9.53 Å². The third-order valence-corrected chi connectivity index (χ3v) is 2.84. The van der Waals surface area contributed by atoms with Gasteiger partial charge in [0.1, 0.15) is 5.75 Å². The average Bonchev–Trinajstić information content (AvgIpc) is 2.38. The summed E-state index contributed by atoms with van der Waals surface area (Å²) in [7, 11) is 5.78. The van der Waals surface area contributed by atoms with E-state index >= 15 is 0 Å². The van der Waals surface area contributed by atoms with Gasteiger partial charge in [-0.1, -0.05) is 12.1 Å². The monoisotopic (exact) mass is 279 g/mol. The molecule has 0 aliphatic carbocycles. The molecule has 1 amide bonds. The average molecular weight is 279 g/mol. The number of hydrogen-bond donors (Lipinski definition) is 2. The highest BCUT2D eigenvalue weighted by Crippen LogP contribution is 2.20. The summed E-state index contributed by atoms with van der Waals surface area (Å²) in [5.74, 6) is 0.897. The number of ether oxygens (including phenoxy) is 1. The van der Waals surface area contributed by atoms with Crippen LogP contribution in [0.1, 0.15) is 18.1 Å². The number of rotatable bonds is 8. The van der Waals surface area contributed by atoms with Crippen molar-refractivity contribution in [2.24, 2.45) is 0 Å². The maximum absolute atomic E-state index is 10.7. The number of hydrogen-bond acceptors (Lipinski definition) is 4. The number of nitrogens with zero attached hydrogens (tertiary/aromatic N) is 1. The van der Waals surface area contributed by atoms with Gasteiger partial charge in [0.2, 0.25) is 5.91 Å². The number of nitrogens with one attached hydrogen (secondary N) is 2. The van der Waals surface area contributed by atoms with Crippen LogP contribution >= 0.6 is 0 Å². The molecule has 0 aliphatic rings. The quantitative estimate of drug-likeness (QED) is 0.697. The van der Waals surface area contributed by atoms with Crippen LogP contribution in [0.15, 0.2) is 18.2 Å². The van der Waals surface area contributed by atoms with Crippen LogP contribution in [-0.2, 0) is 17.9 Å². The van der Waals surface area contributed by atoms with Crippen molar-refractivity contribution in [3.8, 4) is 5.75 Å². The topological polar surface area (TPSA) is 53.6 Å². The molecule has 0 aromatic heterocycles. The Morgan fingerprint density at radius 2 is 2.05 bits per heavy atom. The van der Waals surface area contributed by atoms with E-state index < -0.39 is 0 Å². The smallest absolute Gasteiger partial charge is 0.216 e. The zero-order valence-corrected chi connectivity index (χ0v) is 12.8. The van der Waals surface area contributed by atoms with E-state index in [1.807, 2.05) is 14.1 Å². The fraction of sp³-hybridized carbons (Fsp3) is 0.533. The Bertz CT molecular complexity index is 433. The highest BCUT2D eigenvalue weighted by Gasteiger charge is 2.05. The lowest BCUT2D eigenvalue weighted by molar-refractivity contribution is -0.118. The molecule has 0 fully saturated rings. The Morgan fingerprint density at radius 3 is 2.65 bits per heavy atom. The van der Waals surface area contributed by atoms with Crippen LogP contribution in [0.5, 0.6) is 5.75 Å². The van der Waals surface area contributed by atoms with Crippen molar-refractivity contribution >= 4 is 5.91 Å². The van der Waals surface area contributed by atoms with E-state index in [-0.39, 0.29) is 5.91 Å². The molecule has 1 aromatic rings. The van der Waals surface area contributed by atoms with E-state index in [4.69, 9.17) is 4.74 Å². The molecule has 20 heavy (non-hydrogen) atoms. The van der Waals surface area contributed by atoms with Crippen molar-refractivity contribution in [1.82, 2.24) is 15.5 Å². The number of methoxy groups -OCH3 is 1. The summed E-state index contributed by atoms with van der Waals surface area (Å²) < 4.78 is 5.43. The van der Waals surface area contributed by atoms with Gasteiger partial charge < -0.3 is 20.3 Å². The Balaban J connectivity index is 2.50. The highest BCUT2D eigenvalue weighted by molar-refractivity contribution is 5.72. The van der Waals surface area contributed by atoms with Crippen LogP contribution in [0, 0.1) is 0 Å². The summed E-state index contributed by atoms with van der Waals surface area (Å²) in [5.41, 5.74) is 2.35. The van der Waals surface area contributed by atoms with Crippen LogP contribution < -0.4 is 15.4 Å². The normalized spacial score (nSPS) is 10.7. The number of benzene rings is 1. The number of carbonyl (C=O) groups excluding carboxylic acids is 1. The standard InChI is InChI=1S/C15H25N3O2/c1-12(19)17-8-7-16-10-14-6-5-13(11-18(2)3)9-15(14)20-4/h5-6,9,16H,7-8,10-11H2,1-4H3,(H,17,19). The second-order valence-electron chi connectivity index (χ2n) is 5.04. The van der Waals surface area contributed by atoms with Crippen molar-refractivity contribution in [3.05, 3.63) is 29.3 Å². The molecule has 1 aromatic carbocycles. The molecule has 0 saturated heterocycles. The van der Waals surface area contributed by atoms with Gasteiger partial charge in [-0.25, -0.2) is 0 Å². The first-order chi connectivity index (χ1) is 9.52. The van der Waals surface area contributed by atoms with Gasteiger partial charge in [-0.05, 0) is 25.7 Å². The molecular weight excluding hydrogens is 254 g/mol. The predicted molar refractivity (Wildman–Crippen MR) is 80.8 cm³/mol. The van der Waals surface area contributed by atoms with Gasteiger partial charge in [0, 0.05) is 38.7 Å². The zero-order chi connectivity index (χ0) is 15.0. The highest BCUT2D eigenvalue weighted by atomic mass is 16.5. The van der Waals surface area contributed by atoms with E-state index in [1.54, 1.807) is 7.11 Å². The van der Waals surface area contributed by atoms with Gasteiger partial charge in [-0.15, -0.1) is 0 Å². The van der Waals surface area contributed by atoms with Crippen LogP contribution in [0.2, 0.25) is 0 Å². The maximum atomic E-state index is 10.7. The predicted octanol–water partition coefficient (Wildman–Crippen LogP) is 0.982. The van der Waals surface area contributed by atoms with E-state index in [2.05, 4.69) is 33.7 Å². The van der Waals surface area contributed by atoms with Crippen LogP contribution in [-0.4, -0.2) is 45.1 Å². The molecule has 0 heterocycles. The lowest BCUT2D eigenvalue weighted by Crippen LogP contribution is -2.30. The van der Waals surface area contributed by atoms with E-state index in [9.17, 15) is 4.79 Å². The summed E-state index contributed by atoms with van der Waals surface area (Å²) in [5, 5.41) is 6.04. The molecule has 0 radical (unpaired) electrons. The molecule has 5 nitrogen and oxygen atoms in total. The Morgan fingerprint density at radius 1 is 1.30 bits per heavy atom. The molecule has 0 aliphatic heterocycles. The molecule has 0 unspecified atom stereocenters. The summed E-state index contributed by atoms with van der Waals surface area (Å²) >= 11 is 0. The SMILES string of the molecule is COc1cc(CN(C)C)ccc1CNCCNC(C)=O. The van der Waals surface area contributed by atoms with Gasteiger partial charge in [-0.3, -0.25) is 4.79 Å².